The van der Waals surface area contributed by atoms with E-state index in [1.54, 1.807) is 4.40 Å². The molecule has 0 aliphatic heterocycles. The van der Waals surface area contributed by atoms with Gasteiger partial charge >= 0.3 is 0 Å². The summed E-state index contributed by atoms with van der Waals surface area (Å²) in [4.78, 5) is 31.8. The zero-order valence-electron chi connectivity index (χ0n) is 19.8. The summed E-state index contributed by atoms with van der Waals surface area (Å²) in [7, 11) is 0. The summed E-state index contributed by atoms with van der Waals surface area (Å²) in [6.07, 6.45) is 3.48. The number of anilines is 1. The van der Waals surface area contributed by atoms with Gasteiger partial charge in [0.2, 0.25) is 11.7 Å². The van der Waals surface area contributed by atoms with E-state index in [0.29, 0.717) is 16.6 Å². The quantitative estimate of drug-likeness (QED) is 0.433. The Balaban J connectivity index is 1.67. The van der Waals surface area contributed by atoms with Crippen LogP contribution in [0, 0.1) is 6.92 Å². The van der Waals surface area contributed by atoms with E-state index in [4.69, 9.17) is 4.98 Å². The van der Waals surface area contributed by atoms with Crippen LogP contribution >= 0.6 is 11.8 Å². The average molecular weight is 474 g/mol. The van der Waals surface area contributed by atoms with E-state index in [2.05, 4.69) is 30.3 Å². The van der Waals surface area contributed by atoms with Crippen LogP contribution in [0.15, 0.2) is 58.5 Å². The van der Waals surface area contributed by atoms with Crippen LogP contribution in [-0.4, -0.2) is 31.3 Å². The van der Waals surface area contributed by atoms with Crippen LogP contribution in [-0.2, 0) is 23.2 Å². The molecule has 0 saturated carbocycles. The van der Waals surface area contributed by atoms with Crippen LogP contribution in [0.2, 0.25) is 0 Å². The first-order valence-corrected chi connectivity index (χ1v) is 12.6. The summed E-state index contributed by atoms with van der Waals surface area (Å²) < 4.78 is 3.09. The average Bonchev–Trinajstić information content (AvgIpc) is 3.18. The number of thioether (sulfide) groups is 1. The van der Waals surface area contributed by atoms with E-state index in [-0.39, 0.29) is 23.4 Å². The van der Waals surface area contributed by atoms with Crippen LogP contribution in [0.4, 0.5) is 5.69 Å². The van der Waals surface area contributed by atoms with Crippen molar-refractivity contribution in [2.45, 2.75) is 50.7 Å². The number of aromatic nitrogens is 4. The maximum absolute atomic E-state index is 13.9. The Kier molecular flexibility index (Phi) is 5.56. The molecule has 1 amide bonds. The van der Waals surface area contributed by atoms with Crippen LogP contribution < -0.4 is 10.9 Å². The summed E-state index contributed by atoms with van der Waals surface area (Å²) >= 11 is 1.37. The van der Waals surface area contributed by atoms with Gasteiger partial charge in [0.05, 0.1) is 11.3 Å². The highest BCUT2D eigenvalue weighted by atomic mass is 32.2. The Labute approximate surface area is 202 Å². The van der Waals surface area contributed by atoms with E-state index in [0.717, 1.165) is 35.2 Å². The molecule has 0 bridgehead atoms. The number of aryl methyl sites for hydroxylation is 1. The smallest absolute Gasteiger partial charge is 0.265 e. The number of benzene rings is 2. The number of rotatable bonds is 5. The standard InChI is InChI=1S/C26H27N5O2S/c1-5-26(3)14-17-11-7-8-12-18(17)22-21(26)23(33)31-24(28-22)30(29-25(31)34-4)15-20(32)27-19-13-9-6-10-16(19)2/h6-13H,5,14-15H2,1-4H3,(H,27,32)/t26-/m1/s1. The van der Waals surface area contributed by atoms with Gasteiger partial charge < -0.3 is 5.32 Å². The van der Waals surface area contributed by atoms with Crippen molar-refractivity contribution >= 4 is 29.1 Å². The second-order valence-corrected chi connectivity index (χ2v) is 9.80. The number of amides is 1. The van der Waals surface area contributed by atoms with Gasteiger partial charge in [0.15, 0.2) is 5.16 Å². The van der Waals surface area contributed by atoms with Gasteiger partial charge in [0, 0.05) is 16.7 Å². The highest BCUT2D eigenvalue weighted by molar-refractivity contribution is 7.98. The van der Waals surface area contributed by atoms with Crippen molar-refractivity contribution in [2.75, 3.05) is 11.6 Å². The lowest BCUT2D eigenvalue weighted by Crippen LogP contribution is -2.38. The van der Waals surface area contributed by atoms with Crippen molar-refractivity contribution in [1.82, 2.24) is 19.2 Å². The predicted molar refractivity (Wildman–Crippen MR) is 136 cm³/mol. The number of hydrogen-bond acceptors (Lipinski definition) is 5. The lowest BCUT2D eigenvalue weighted by molar-refractivity contribution is -0.116. The number of nitrogens with one attached hydrogen (secondary N) is 1. The van der Waals surface area contributed by atoms with E-state index in [9.17, 15) is 9.59 Å². The molecule has 0 saturated heterocycles. The number of para-hydroxylation sites is 1. The van der Waals surface area contributed by atoms with Gasteiger partial charge in [-0.3, -0.25) is 9.59 Å². The van der Waals surface area contributed by atoms with Gasteiger partial charge in [-0.05, 0) is 43.2 Å². The maximum Gasteiger partial charge on any atom is 0.265 e. The van der Waals surface area contributed by atoms with Crippen LogP contribution in [0.3, 0.4) is 0 Å². The first-order valence-electron chi connectivity index (χ1n) is 11.4. The topological polar surface area (TPSA) is 81.3 Å². The minimum Gasteiger partial charge on any atom is -0.324 e. The molecule has 7 nitrogen and oxygen atoms in total. The Morgan fingerprint density at radius 3 is 2.65 bits per heavy atom. The summed E-state index contributed by atoms with van der Waals surface area (Å²) in [5.74, 6) is 0.154. The van der Waals surface area contributed by atoms with E-state index in [1.807, 2.05) is 55.6 Å². The van der Waals surface area contributed by atoms with Crippen molar-refractivity contribution in [3.63, 3.8) is 0 Å². The zero-order valence-corrected chi connectivity index (χ0v) is 20.6. The second kappa shape index (κ2) is 8.43. The molecule has 0 radical (unpaired) electrons. The first-order chi connectivity index (χ1) is 16.4. The van der Waals surface area contributed by atoms with Crippen LogP contribution in [0.25, 0.3) is 17.0 Å². The molecule has 2 aromatic heterocycles. The number of carbonyl (C=O) groups excluding carboxylic acids is 1. The monoisotopic (exact) mass is 473 g/mol. The Bertz CT molecular complexity index is 1490. The molecular weight excluding hydrogens is 446 g/mol. The van der Waals surface area contributed by atoms with E-state index < -0.39 is 0 Å². The Hall–Kier alpha value is -3.39. The van der Waals surface area contributed by atoms with Crippen LogP contribution in [0.1, 0.15) is 37.0 Å². The summed E-state index contributed by atoms with van der Waals surface area (Å²) in [5, 5.41) is 8.06. The minimum absolute atomic E-state index is 0.0453. The number of hydrogen-bond donors (Lipinski definition) is 1. The molecule has 174 valence electrons. The molecule has 2 aromatic carbocycles. The lowest BCUT2D eigenvalue weighted by Gasteiger charge is -2.35. The van der Waals surface area contributed by atoms with Gasteiger partial charge in [0.25, 0.3) is 5.56 Å². The normalized spacial score (nSPS) is 16.8. The van der Waals surface area contributed by atoms with Crippen molar-refractivity contribution in [2.24, 2.45) is 0 Å². The SMILES string of the molecule is CC[C@]1(C)Cc2ccccc2-c2nc3n(CC(=O)Nc4ccccc4C)nc(SC)n3c(=O)c21. The van der Waals surface area contributed by atoms with Gasteiger partial charge in [-0.15, -0.1) is 5.10 Å². The van der Waals surface area contributed by atoms with Crippen molar-refractivity contribution in [3.05, 3.63) is 75.6 Å². The van der Waals surface area contributed by atoms with Crippen molar-refractivity contribution in [1.29, 1.82) is 0 Å². The summed E-state index contributed by atoms with van der Waals surface area (Å²) in [5.41, 5.74) is 4.89. The lowest BCUT2D eigenvalue weighted by atomic mass is 9.69. The first kappa shape index (κ1) is 22.4. The second-order valence-electron chi connectivity index (χ2n) is 9.03. The molecule has 0 fully saturated rings. The molecule has 1 N–H and O–H groups in total. The Morgan fingerprint density at radius 2 is 1.91 bits per heavy atom. The number of nitrogens with zero attached hydrogens (tertiary/aromatic N) is 4. The molecule has 34 heavy (non-hydrogen) atoms. The zero-order chi connectivity index (χ0) is 24.0. The van der Waals surface area contributed by atoms with E-state index in [1.165, 1.54) is 22.0 Å². The highest BCUT2D eigenvalue weighted by Crippen LogP contribution is 2.42. The van der Waals surface area contributed by atoms with Crippen LogP contribution in [0.5, 0.6) is 0 Å². The third-order valence-corrected chi connectivity index (χ3v) is 7.46. The fraction of sp³-hybridized carbons (Fsp3) is 0.308. The third kappa shape index (κ3) is 3.53. The molecule has 1 aliphatic carbocycles. The van der Waals surface area contributed by atoms with Crippen molar-refractivity contribution in [3.8, 4) is 11.3 Å². The van der Waals surface area contributed by atoms with E-state index >= 15 is 0 Å². The fourth-order valence-electron chi connectivity index (χ4n) is 4.78. The molecule has 1 aliphatic rings. The third-order valence-electron chi connectivity index (χ3n) is 6.83. The summed E-state index contributed by atoms with van der Waals surface area (Å²) in [6.45, 7) is 6.15. The van der Waals surface area contributed by atoms with Gasteiger partial charge in [-0.1, -0.05) is 68.1 Å². The van der Waals surface area contributed by atoms with Gasteiger partial charge in [0.1, 0.15) is 6.54 Å². The van der Waals surface area contributed by atoms with Gasteiger partial charge in [-0.2, -0.15) is 0 Å². The van der Waals surface area contributed by atoms with Crippen molar-refractivity contribution < 1.29 is 4.79 Å². The largest absolute Gasteiger partial charge is 0.324 e. The Morgan fingerprint density at radius 1 is 1.18 bits per heavy atom. The molecule has 8 heteroatoms. The van der Waals surface area contributed by atoms with Gasteiger partial charge in [-0.25, -0.2) is 14.1 Å². The summed E-state index contributed by atoms with van der Waals surface area (Å²) in [6, 6.07) is 15.7. The molecule has 1 atom stereocenters. The molecule has 5 rings (SSSR count). The molecular formula is C26H27N5O2S. The highest BCUT2D eigenvalue weighted by Gasteiger charge is 2.38. The predicted octanol–water partition coefficient (Wildman–Crippen LogP) is 4.45. The number of fused-ring (bicyclic) bond motifs is 4. The molecule has 4 aromatic rings. The molecule has 0 unspecified atom stereocenters. The molecule has 0 spiro atoms. The maximum atomic E-state index is 13.9. The number of carbonyl (C=O) groups is 1. The minimum atomic E-state index is -0.324. The fourth-order valence-corrected chi connectivity index (χ4v) is 5.31. The molecule has 2 heterocycles.